The van der Waals surface area contributed by atoms with E-state index in [9.17, 15) is 0 Å². The van der Waals surface area contributed by atoms with E-state index < -0.39 is 0 Å². The molecule has 0 saturated heterocycles. The number of pyridine rings is 1. The van der Waals surface area contributed by atoms with Gasteiger partial charge in [-0.15, -0.1) is 0 Å². The van der Waals surface area contributed by atoms with Gasteiger partial charge in [0.1, 0.15) is 23.9 Å². The average Bonchev–Trinajstić information content (AvgIpc) is 3.24. The topological polar surface area (TPSA) is 60.0 Å². The van der Waals surface area contributed by atoms with E-state index in [2.05, 4.69) is 15.2 Å². The molecule has 1 N–H and O–H groups in total. The van der Waals surface area contributed by atoms with Crippen molar-refractivity contribution in [3.8, 4) is 28.5 Å². The quantitative estimate of drug-likeness (QED) is 0.544. The number of H-pyrrole nitrogens is 1. The van der Waals surface area contributed by atoms with Crippen LogP contribution in [-0.4, -0.2) is 15.2 Å². The molecule has 2 aromatic carbocycles. The number of ether oxygens (including phenoxy) is 2. The zero-order valence-electron chi connectivity index (χ0n) is 14.0. The van der Waals surface area contributed by atoms with Crippen LogP contribution in [0.25, 0.3) is 11.3 Å². The summed E-state index contributed by atoms with van der Waals surface area (Å²) in [7, 11) is 0. The Morgan fingerprint density at radius 1 is 0.692 bits per heavy atom. The summed E-state index contributed by atoms with van der Waals surface area (Å²) in [5.74, 6) is 2.33. The van der Waals surface area contributed by atoms with Gasteiger partial charge in [0.15, 0.2) is 0 Å². The monoisotopic (exact) mass is 343 g/mol. The molecule has 0 aliphatic heterocycles. The Morgan fingerprint density at radius 3 is 2.00 bits per heavy atom. The third-order valence-corrected chi connectivity index (χ3v) is 3.88. The maximum absolute atomic E-state index is 5.88. The van der Waals surface area contributed by atoms with Gasteiger partial charge in [-0.3, -0.25) is 10.1 Å². The number of benzene rings is 2. The normalized spacial score (nSPS) is 10.5. The molecule has 0 atom stereocenters. The number of aromatic amines is 1. The largest absolute Gasteiger partial charge is 0.489 e. The Morgan fingerprint density at radius 2 is 1.35 bits per heavy atom. The Hall–Kier alpha value is -3.60. The summed E-state index contributed by atoms with van der Waals surface area (Å²) in [5, 5.41) is 6.90. The second-order valence-electron chi connectivity index (χ2n) is 5.71. The maximum atomic E-state index is 5.88. The minimum absolute atomic E-state index is 0.512. The van der Waals surface area contributed by atoms with Crippen LogP contribution in [0.2, 0.25) is 0 Å². The van der Waals surface area contributed by atoms with Crippen molar-refractivity contribution in [2.24, 2.45) is 0 Å². The van der Waals surface area contributed by atoms with E-state index in [0.717, 1.165) is 34.1 Å². The third kappa shape index (κ3) is 3.89. The number of nitrogens with one attached hydrogen (secondary N) is 1. The summed E-state index contributed by atoms with van der Waals surface area (Å²) < 4.78 is 11.6. The molecule has 0 unspecified atom stereocenters. The zero-order chi connectivity index (χ0) is 17.6. The number of aromatic nitrogens is 3. The van der Waals surface area contributed by atoms with Crippen molar-refractivity contribution in [3.05, 3.63) is 90.9 Å². The van der Waals surface area contributed by atoms with Crippen LogP contribution in [-0.2, 0) is 6.61 Å². The van der Waals surface area contributed by atoms with Crippen LogP contribution in [0, 0.1) is 0 Å². The highest BCUT2D eigenvalue weighted by molar-refractivity contribution is 5.59. The third-order valence-electron chi connectivity index (χ3n) is 3.88. The van der Waals surface area contributed by atoms with Gasteiger partial charge in [0.05, 0.1) is 5.69 Å². The van der Waals surface area contributed by atoms with E-state index in [1.165, 1.54) is 0 Å². The van der Waals surface area contributed by atoms with Gasteiger partial charge in [-0.2, -0.15) is 5.10 Å². The molecule has 128 valence electrons. The Kier molecular flexibility index (Phi) is 4.60. The molecule has 0 bridgehead atoms. The predicted molar refractivity (Wildman–Crippen MR) is 99.1 cm³/mol. The van der Waals surface area contributed by atoms with Gasteiger partial charge in [-0.05, 0) is 77.9 Å². The minimum atomic E-state index is 0.512. The van der Waals surface area contributed by atoms with E-state index in [-0.39, 0.29) is 0 Å². The molecule has 0 saturated carbocycles. The molecule has 0 aliphatic carbocycles. The molecule has 5 heteroatoms. The van der Waals surface area contributed by atoms with E-state index in [0.29, 0.717) is 6.61 Å². The molecule has 2 aromatic heterocycles. The number of rotatable bonds is 6. The van der Waals surface area contributed by atoms with Crippen molar-refractivity contribution in [1.82, 2.24) is 15.2 Å². The summed E-state index contributed by atoms with van der Waals surface area (Å²) in [5.41, 5.74) is 3.12. The highest BCUT2D eigenvalue weighted by atomic mass is 16.5. The SMILES string of the molecule is c1cc(COc2ccc(Oc3ccc(-c4ccn[nH]4)cc3)cc2)ccn1. The van der Waals surface area contributed by atoms with Crippen molar-refractivity contribution in [1.29, 1.82) is 0 Å². The van der Waals surface area contributed by atoms with Crippen molar-refractivity contribution in [2.75, 3.05) is 0 Å². The van der Waals surface area contributed by atoms with E-state index in [1.807, 2.05) is 66.7 Å². The number of hydrogen-bond donors (Lipinski definition) is 1. The summed E-state index contributed by atoms with van der Waals surface area (Å²) in [6, 6.07) is 21.2. The molecule has 0 radical (unpaired) electrons. The minimum Gasteiger partial charge on any atom is -0.489 e. The fourth-order valence-electron chi connectivity index (χ4n) is 2.50. The first kappa shape index (κ1) is 15.9. The Labute approximate surface area is 151 Å². The molecule has 0 aliphatic rings. The zero-order valence-corrected chi connectivity index (χ0v) is 14.0. The van der Waals surface area contributed by atoms with Crippen LogP contribution < -0.4 is 9.47 Å². The fraction of sp³-hybridized carbons (Fsp3) is 0.0476. The van der Waals surface area contributed by atoms with Gasteiger partial charge in [-0.25, -0.2) is 0 Å². The van der Waals surface area contributed by atoms with Gasteiger partial charge >= 0.3 is 0 Å². The van der Waals surface area contributed by atoms with Crippen LogP contribution in [0.15, 0.2) is 85.3 Å². The van der Waals surface area contributed by atoms with Gasteiger partial charge in [0.25, 0.3) is 0 Å². The molecule has 0 spiro atoms. The first-order chi connectivity index (χ1) is 12.9. The molecule has 26 heavy (non-hydrogen) atoms. The van der Waals surface area contributed by atoms with Gasteiger partial charge in [0, 0.05) is 18.6 Å². The first-order valence-corrected chi connectivity index (χ1v) is 8.26. The molecule has 4 rings (SSSR count). The molecular formula is C21H17N3O2. The lowest BCUT2D eigenvalue weighted by Gasteiger charge is -2.09. The fourth-order valence-corrected chi connectivity index (χ4v) is 2.50. The van der Waals surface area contributed by atoms with Crippen molar-refractivity contribution < 1.29 is 9.47 Å². The van der Waals surface area contributed by atoms with Crippen molar-refractivity contribution in [3.63, 3.8) is 0 Å². The molecule has 0 fully saturated rings. The summed E-state index contributed by atoms with van der Waals surface area (Å²) in [4.78, 5) is 3.99. The van der Waals surface area contributed by atoms with Gasteiger partial charge < -0.3 is 9.47 Å². The Bertz CT molecular complexity index is 935. The average molecular weight is 343 g/mol. The van der Waals surface area contributed by atoms with Gasteiger partial charge in [-0.1, -0.05) is 0 Å². The van der Waals surface area contributed by atoms with E-state index >= 15 is 0 Å². The lowest BCUT2D eigenvalue weighted by molar-refractivity contribution is 0.305. The molecule has 5 nitrogen and oxygen atoms in total. The van der Waals surface area contributed by atoms with Crippen LogP contribution >= 0.6 is 0 Å². The Balaban J connectivity index is 1.36. The maximum Gasteiger partial charge on any atom is 0.127 e. The second kappa shape index (κ2) is 7.53. The first-order valence-electron chi connectivity index (χ1n) is 8.26. The van der Waals surface area contributed by atoms with Crippen LogP contribution in [0.4, 0.5) is 0 Å². The van der Waals surface area contributed by atoms with Crippen LogP contribution in [0.3, 0.4) is 0 Å². The smallest absolute Gasteiger partial charge is 0.127 e. The summed E-state index contributed by atoms with van der Waals surface area (Å²) >= 11 is 0. The highest BCUT2D eigenvalue weighted by Crippen LogP contribution is 2.26. The molecular weight excluding hydrogens is 326 g/mol. The van der Waals surface area contributed by atoms with Crippen molar-refractivity contribution in [2.45, 2.75) is 6.61 Å². The van der Waals surface area contributed by atoms with E-state index in [1.54, 1.807) is 18.6 Å². The van der Waals surface area contributed by atoms with Crippen LogP contribution in [0.1, 0.15) is 5.56 Å². The standard InChI is InChI=1S/C21H17N3O2/c1-3-19(4-2-17(1)21-11-14-23-24-21)26-20-7-5-18(6-8-20)25-15-16-9-12-22-13-10-16/h1-14H,15H2,(H,23,24). The molecule has 0 amide bonds. The van der Waals surface area contributed by atoms with E-state index in [4.69, 9.17) is 9.47 Å². The van der Waals surface area contributed by atoms with Crippen LogP contribution in [0.5, 0.6) is 17.2 Å². The summed E-state index contributed by atoms with van der Waals surface area (Å²) in [6.45, 7) is 0.512. The lowest BCUT2D eigenvalue weighted by Crippen LogP contribution is -1.95. The van der Waals surface area contributed by atoms with Gasteiger partial charge in [0.2, 0.25) is 0 Å². The predicted octanol–water partition coefficient (Wildman–Crippen LogP) is 4.84. The second-order valence-corrected chi connectivity index (χ2v) is 5.71. The lowest BCUT2D eigenvalue weighted by atomic mass is 10.1. The highest BCUT2D eigenvalue weighted by Gasteiger charge is 2.02. The number of nitrogens with zero attached hydrogens (tertiary/aromatic N) is 2. The molecule has 4 aromatic rings. The van der Waals surface area contributed by atoms with Crippen molar-refractivity contribution >= 4 is 0 Å². The molecule has 2 heterocycles. The number of hydrogen-bond acceptors (Lipinski definition) is 4. The summed E-state index contributed by atoms with van der Waals surface area (Å²) in [6.07, 6.45) is 5.25.